The van der Waals surface area contributed by atoms with Crippen LogP contribution in [0.25, 0.3) is 10.8 Å². The average Bonchev–Trinajstić information content (AvgIpc) is 2.96. The van der Waals surface area contributed by atoms with Crippen molar-refractivity contribution in [3.8, 4) is 11.5 Å². The number of carbonyl (C=O) groups excluding carboxylic acids is 1. The van der Waals surface area contributed by atoms with Crippen molar-refractivity contribution in [1.29, 1.82) is 0 Å². The molecule has 4 rings (SSSR count). The van der Waals surface area contributed by atoms with Crippen molar-refractivity contribution in [3.05, 3.63) is 65.7 Å². The molecule has 0 amide bonds. The van der Waals surface area contributed by atoms with Crippen molar-refractivity contribution >= 4 is 22.4 Å². The summed E-state index contributed by atoms with van der Waals surface area (Å²) in [4.78, 5) is 12.3. The Morgan fingerprint density at radius 2 is 1.76 bits per heavy atom. The number of methoxy groups -OCH3 is 2. The molecule has 0 aromatic heterocycles. The minimum atomic E-state index is -0.566. The Labute approximate surface area is 145 Å². The summed E-state index contributed by atoms with van der Waals surface area (Å²) in [7, 11) is 3.05. The Hall–Kier alpha value is -3.21. The summed E-state index contributed by atoms with van der Waals surface area (Å²) in [5.41, 5.74) is 2.01. The molecule has 0 aliphatic carbocycles. The van der Waals surface area contributed by atoms with E-state index in [0.717, 1.165) is 22.0 Å². The molecule has 1 aliphatic rings. The van der Waals surface area contributed by atoms with Gasteiger partial charge in [-0.3, -0.25) is 0 Å². The Morgan fingerprint density at radius 1 is 0.960 bits per heavy atom. The molecule has 0 saturated heterocycles. The first-order chi connectivity index (χ1) is 12.2. The number of hydrogen-bond acceptors (Lipinski definition) is 5. The minimum Gasteiger partial charge on any atom is -0.493 e. The maximum Gasteiger partial charge on any atom is 0.344 e. The van der Waals surface area contributed by atoms with Gasteiger partial charge in [0, 0.05) is 11.3 Å². The Balaban J connectivity index is 1.70. The highest BCUT2D eigenvalue weighted by Crippen LogP contribution is 2.42. The van der Waals surface area contributed by atoms with Gasteiger partial charge in [-0.1, -0.05) is 30.3 Å². The highest BCUT2D eigenvalue weighted by Gasteiger charge is 2.35. The van der Waals surface area contributed by atoms with Gasteiger partial charge in [-0.2, -0.15) is 0 Å². The predicted octanol–water partition coefficient (Wildman–Crippen LogP) is 4.14. The molecule has 0 radical (unpaired) electrons. The van der Waals surface area contributed by atoms with Gasteiger partial charge in [0.15, 0.2) is 11.5 Å². The number of ether oxygens (including phenoxy) is 3. The van der Waals surface area contributed by atoms with Gasteiger partial charge in [0.1, 0.15) is 5.56 Å². The largest absolute Gasteiger partial charge is 0.493 e. The molecule has 1 aliphatic heterocycles. The fourth-order valence-electron chi connectivity index (χ4n) is 3.14. The van der Waals surface area contributed by atoms with Crippen molar-refractivity contribution in [1.82, 2.24) is 0 Å². The quantitative estimate of drug-likeness (QED) is 0.726. The molecule has 126 valence electrons. The van der Waals surface area contributed by atoms with Gasteiger partial charge in [-0.25, -0.2) is 4.79 Å². The molecular weight excluding hydrogens is 318 g/mol. The number of fused-ring (bicyclic) bond motifs is 2. The number of rotatable bonds is 4. The smallest absolute Gasteiger partial charge is 0.344 e. The van der Waals surface area contributed by atoms with Crippen LogP contribution >= 0.6 is 0 Å². The first-order valence-corrected chi connectivity index (χ1v) is 7.92. The monoisotopic (exact) mass is 335 g/mol. The van der Waals surface area contributed by atoms with E-state index in [1.807, 2.05) is 42.5 Å². The summed E-state index contributed by atoms with van der Waals surface area (Å²) in [6, 6.07) is 17.7. The highest BCUT2D eigenvalue weighted by atomic mass is 16.6. The molecule has 0 spiro atoms. The van der Waals surface area contributed by atoms with E-state index < -0.39 is 12.2 Å². The average molecular weight is 335 g/mol. The van der Waals surface area contributed by atoms with Gasteiger partial charge in [-0.05, 0) is 35.0 Å². The second-order valence-electron chi connectivity index (χ2n) is 5.76. The maximum absolute atomic E-state index is 12.3. The lowest BCUT2D eigenvalue weighted by Crippen LogP contribution is -2.10. The number of carbonyl (C=O) groups is 1. The second kappa shape index (κ2) is 6.02. The first-order valence-electron chi connectivity index (χ1n) is 7.92. The zero-order chi connectivity index (χ0) is 17.4. The molecule has 1 unspecified atom stereocenters. The Kier molecular flexibility index (Phi) is 3.69. The van der Waals surface area contributed by atoms with Crippen molar-refractivity contribution in [3.63, 3.8) is 0 Å². The van der Waals surface area contributed by atoms with Gasteiger partial charge in [-0.15, -0.1) is 0 Å². The summed E-state index contributed by atoms with van der Waals surface area (Å²) in [6.07, 6.45) is -0.566. The second-order valence-corrected chi connectivity index (χ2v) is 5.76. The lowest BCUT2D eigenvalue weighted by atomic mass is 10.1. The fourth-order valence-corrected chi connectivity index (χ4v) is 3.14. The number of benzene rings is 3. The van der Waals surface area contributed by atoms with Crippen LogP contribution in [0.5, 0.6) is 11.5 Å². The normalized spacial score (nSPS) is 15.6. The molecule has 5 nitrogen and oxygen atoms in total. The molecule has 25 heavy (non-hydrogen) atoms. The minimum absolute atomic E-state index is 0.396. The van der Waals surface area contributed by atoms with Crippen LogP contribution in [-0.4, -0.2) is 20.2 Å². The highest BCUT2D eigenvalue weighted by molar-refractivity contribution is 5.98. The van der Waals surface area contributed by atoms with E-state index in [4.69, 9.17) is 14.2 Å². The Morgan fingerprint density at radius 3 is 2.52 bits per heavy atom. The molecule has 0 fully saturated rings. The SMILES string of the molecule is COc1ccc2c(c1OC)C(=O)OC2Nc1ccc2ccccc2c1. The van der Waals surface area contributed by atoms with Gasteiger partial charge < -0.3 is 19.5 Å². The summed E-state index contributed by atoms with van der Waals surface area (Å²) >= 11 is 0. The lowest BCUT2D eigenvalue weighted by molar-refractivity contribution is 0.0435. The van der Waals surface area contributed by atoms with Crippen LogP contribution in [0.1, 0.15) is 22.1 Å². The standard InChI is InChI=1S/C20H17NO4/c1-23-16-10-9-15-17(18(16)24-2)20(22)25-19(15)21-14-8-7-12-5-3-4-6-13(12)11-14/h3-11,19,21H,1-2H3. The van der Waals surface area contributed by atoms with Gasteiger partial charge in [0.25, 0.3) is 0 Å². The van der Waals surface area contributed by atoms with E-state index in [-0.39, 0.29) is 0 Å². The first kappa shape index (κ1) is 15.3. The van der Waals surface area contributed by atoms with Crippen molar-refractivity contribution in [2.24, 2.45) is 0 Å². The molecule has 3 aromatic rings. The molecule has 0 saturated carbocycles. The molecule has 1 atom stereocenters. The van der Waals surface area contributed by atoms with Crippen molar-refractivity contribution < 1.29 is 19.0 Å². The third kappa shape index (κ3) is 2.54. The van der Waals surface area contributed by atoms with Crippen molar-refractivity contribution in [2.45, 2.75) is 6.23 Å². The summed E-state index contributed by atoms with van der Waals surface area (Å²) in [6.45, 7) is 0. The van der Waals surface area contributed by atoms with Crippen LogP contribution in [0, 0.1) is 0 Å². The number of hydrogen-bond donors (Lipinski definition) is 1. The van der Waals surface area contributed by atoms with E-state index >= 15 is 0 Å². The number of cyclic esters (lactones) is 1. The number of anilines is 1. The molecule has 1 N–H and O–H groups in total. The van der Waals surface area contributed by atoms with Crippen LogP contribution in [0.3, 0.4) is 0 Å². The van der Waals surface area contributed by atoms with Crippen LogP contribution < -0.4 is 14.8 Å². The molecule has 3 aromatic carbocycles. The topological polar surface area (TPSA) is 56.8 Å². The van der Waals surface area contributed by atoms with Crippen LogP contribution in [0.4, 0.5) is 5.69 Å². The van der Waals surface area contributed by atoms with E-state index in [0.29, 0.717) is 17.1 Å². The van der Waals surface area contributed by atoms with Gasteiger partial charge in [0.05, 0.1) is 14.2 Å². The zero-order valence-corrected chi connectivity index (χ0v) is 13.9. The van der Waals surface area contributed by atoms with Crippen LogP contribution in [-0.2, 0) is 4.74 Å². The van der Waals surface area contributed by atoms with Gasteiger partial charge >= 0.3 is 5.97 Å². The fraction of sp³-hybridized carbons (Fsp3) is 0.150. The summed E-state index contributed by atoms with van der Waals surface area (Å²) in [5.74, 6) is 0.474. The summed E-state index contributed by atoms with van der Waals surface area (Å²) in [5, 5.41) is 5.54. The van der Waals surface area contributed by atoms with E-state index in [1.54, 1.807) is 6.07 Å². The van der Waals surface area contributed by atoms with Crippen LogP contribution in [0.15, 0.2) is 54.6 Å². The Bertz CT molecular complexity index is 967. The van der Waals surface area contributed by atoms with Gasteiger partial charge in [0.2, 0.25) is 6.23 Å². The molecule has 1 heterocycles. The van der Waals surface area contributed by atoms with E-state index in [1.165, 1.54) is 14.2 Å². The van der Waals surface area contributed by atoms with E-state index in [9.17, 15) is 4.79 Å². The molecule has 5 heteroatoms. The lowest BCUT2D eigenvalue weighted by Gasteiger charge is -2.15. The zero-order valence-electron chi connectivity index (χ0n) is 13.9. The third-order valence-electron chi connectivity index (χ3n) is 4.34. The van der Waals surface area contributed by atoms with Crippen LogP contribution in [0.2, 0.25) is 0 Å². The molecule has 0 bridgehead atoms. The van der Waals surface area contributed by atoms with E-state index in [2.05, 4.69) is 11.4 Å². The summed E-state index contributed by atoms with van der Waals surface area (Å²) < 4.78 is 16.1. The number of nitrogens with one attached hydrogen (secondary N) is 1. The predicted molar refractivity (Wildman–Crippen MR) is 95.3 cm³/mol. The number of esters is 1. The van der Waals surface area contributed by atoms with Crippen molar-refractivity contribution in [2.75, 3.05) is 19.5 Å². The maximum atomic E-state index is 12.3. The third-order valence-corrected chi connectivity index (χ3v) is 4.34. The molecular formula is C20H17NO4.